The van der Waals surface area contributed by atoms with Gasteiger partial charge in [-0.15, -0.1) is 0 Å². The highest BCUT2D eigenvalue weighted by atomic mass is 79.9. The fraction of sp³-hybridized carbons (Fsp3) is 0.227. The number of hydrogen-bond donors (Lipinski definition) is 3. The Morgan fingerprint density at radius 2 is 1.97 bits per heavy atom. The molecule has 2 heterocycles. The first-order valence-electron chi connectivity index (χ1n) is 9.74. The van der Waals surface area contributed by atoms with Gasteiger partial charge in [-0.3, -0.25) is 14.4 Å². The van der Waals surface area contributed by atoms with Gasteiger partial charge in [0, 0.05) is 45.9 Å². The molecule has 0 spiro atoms. The summed E-state index contributed by atoms with van der Waals surface area (Å²) in [6.07, 6.45) is 2.49. The number of fused-ring (bicyclic) bond motifs is 2. The Bertz CT molecular complexity index is 1140. The van der Waals surface area contributed by atoms with Gasteiger partial charge >= 0.3 is 11.8 Å². The van der Waals surface area contributed by atoms with Gasteiger partial charge < -0.3 is 20.5 Å². The smallest absolute Gasteiger partial charge is 0.310 e. The van der Waals surface area contributed by atoms with E-state index in [0.29, 0.717) is 25.1 Å². The number of aromatic nitrogens is 1. The molecular weight excluding hydrogens is 448 g/mol. The van der Waals surface area contributed by atoms with Crippen LogP contribution in [0, 0.1) is 0 Å². The van der Waals surface area contributed by atoms with Gasteiger partial charge in [-0.2, -0.15) is 0 Å². The molecule has 3 aromatic rings. The molecule has 0 unspecified atom stereocenters. The first kappa shape index (κ1) is 20.2. The van der Waals surface area contributed by atoms with E-state index >= 15 is 0 Å². The first-order valence-corrected chi connectivity index (χ1v) is 10.5. The maximum Gasteiger partial charge on any atom is 0.310 e. The van der Waals surface area contributed by atoms with Crippen molar-refractivity contribution >= 4 is 50.2 Å². The molecule has 3 amide bonds. The largest absolute Gasteiger partial charge is 0.361 e. The van der Waals surface area contributed by atoms with E-state index in [2.05, 4.69) is 31.5 Å². The quantitative estimate of drug-likeness (QED) is 0.502. The Morgan fingerprint density at radius 3 is 2.77 bits per heavy atom. The zero-order valence-corrected chi connectivity index (χ0v) is 18.0. The van der Waals surface area contributed by atoms with Crippen molar-refractivity contribution in [3.8, 4) is 0 Å². The van der Waals surface area contributed by atoms with Crippen molar-refractivity contribution in [1.29, 1.82) is 0 Å². The molecule has 2 aromatic carbocycles. The van der Waals surface area contributed by atoms with Crippen LogP contribution in [0.25, 0.3) is 10.9 Å². The molecule has 3 N–H and O–H groups in total. The number of benzene rings is 2. The van der Waals surface area contributed by atoms with Crippen molar-refractivity contribution in [1.82, 2.24) is 15.6 Å². The topological polar surface area (TPSA) is 94.3 Å². The molecule has 0 radical (unpaired) electrons. The SMILES string of the molecule is CCN1C(=O)[C@H](NC(=O)C(=O)NCCc2c[nH]c3ccccc23)c2cc(Br)ccc21. The normalized spacial score (nSPS) is 15.3. The van der Waals surface area contributed by atoms with Gasteiger partial charge in [-0.1, -0.05) is 34.1 Å². The van der Waals surface area contributed by atoms with Crippen LogP contribution in [0.2, 0.25) is 0 Å². The second-order valence-corrected chi connectivity index (χ2v) is 7.97. The number of para-hydroxylation sites is 1. The molecule has 1 aliphatic rings. The molecule has 1 aromatic heterocycles. The van der Waals surface area contributed by atoms with Crippen LogP contribution in [0.1, 0.15) is 24.1 Å². The maximum atomic E-state index is 12.7. The fourth-order valence-electron chi connectivity index (χ4n) is 3.80. The van der Waals surface area contributed by atoms with Gasteiger partial charge in [0.2, 0.25) is 0 Å². The van der Waals surface area contributed by atoms with Crippen molar-refractivity contribution in [2.24, 2.45) is 0 Å². The number of carbonyl (C=O) groups is 3. The number of anilines is 1. The maximum absolute atomic E-state index is 12.7. The molecule has 1 atom stereocenters. The minimum Gasteiger partial charge on any atom is -0.361 e. The van der Waals surface area contributed by atoms with E-state index in [-0.39, 0.29) is 5.91 Å². The monoisotopic (exact) mass is 468 g/mol. The molecule has 30 heavy (non-hydrogen) atoms. The van der Waals surface area contributed by atoms with E-state index < -0.39 is 17.9 Å². The second-order valence-electron chi connectivity index (χ2n) is 7.06. The minimum atomic E-state index is -0.871. The summed E-state index contributed by atoms with van der Waals surface area (Å²) in [6.45, 7) is 2.66. The van der Waals surface area contributed by atoms with Crippen molar-refractivity contribution in [3.63, 3.8) is 0 Å². The summed E-state index contributed by atoms with van der Waals surface area (Å²) in [6, 6.07) is 12.5. The van der Waals surface area contributed by atoms with Crippen LogP contribution in [0.5, 0.6) is 0 Å². The second kappa shape index (κ2) is 8.31. The van der Waals surface area contributed by atoms with Crippen LogP contribution >= 0.6 is 15.9 Å². The molecule has 8 heteroatoms. The summed E-state index contributed by atoms with van der Waals surface area (Å²) in [7, 11) is 0. The Labute approximate surface area is 182 Å². The lowest BCUT2D eigenvalue weighted by Crippen LogP contribution is -2.44. The molecule has 1 aliphatic heterocycles. The van der Waals surface area contributed by atoms with Gasteiger partial charge in [0.25, 0.3) is 5.91 Å². The van der Waals surface area contributed by atoms with E-state index in [1.54, 1.807) is 11.0 Å². The Kier molecular flexibility index (Phi) is 5.59. The van der Waals surface area contributed by atoms with Crippen LogP contribution < -0.4 is 15.5 Å². The minimum absolute atomic E-state index is 0.245. The number of amides is 3. The third-order valence-corrected chi connectivity index (χ3v) is 5.75. The average Bonchev–Trinajstić information content (AvgIpc) is 3.26. The first-order chi connectivity index (χ1) is 14.5. The molecule has 0 aliphatic carbocycles. The number of aromatic amines is 1. The van der Waals surface area contributed by atoms with Crippen LogP contribution in [0.4, 0.5) is 5.69 Å². The van der Waals surface area contributed by atoms with Gasteiger partial charge in [0.1, 0.15) is 6.04 Å². The summed E-state index contributed by atoms with van der Waals surface area (Å²) in [4.78, 5) is 42.2. The number of hydrogen-bond acceptors (Lipinski definition) is 3. The molecule has 0 saturated heterocycles. The van der Waals surface area contributed by atoms with E-state index in [4.69, 9.17) is 0 Å². The van der Waals surface area contributed by atoms with Crippen LogP contribution in [0.15, 0.2) is 53.1 Å². The lowest BCUT2D eigenvalue weighted by atomic mass is 10.1. The zero-order chi connectivity index (χ0) is 21.3. The van der Waals surface area contributed by atoms with Crippen LogP contribution in [-0.2, 0) is 20.8 Å². The van der Waals surface area contributed by atoms with Gasteiger partial charge in [0.05, 0.1) is 0 Å². The molecule has 0 fully saturated rings. The zero-order valence-electron chi connectivity index (χ0n) is 16.4. The average molecular weight is 469 g/mol. The van der Waals surface area contributed by atoms with Crippen molar-refractivity contribution in [3.05, 3.63) is 64.3 Å². The van der Waals surface area contributed by atoms with Crippen LogP contribution in [-0.4, -0.2) is 35.8 Å². The Hall–Kier alpha value is -3.13. The predicted octanol–water partition coefficient (Wildman–Crippen LogP) is 2.81. The Balaban J connectivity index is 1.38. The van der Waals surface area contributed by atoms with Gasteiger partial charge in [0.15, 0.2) is 0 Å². The van der Waals surface area contributed by atoms with Crippen molar-refractivity contribution in [2.75, 3.05) is 18.0 Å². The number of nitrogens with one attached hydrogen (secondary N) is 3. The number of H-pyrrole nitrogens is 1. The Morgan fingerprint density at radius 1 is 1.17 bits per heavy atom. The number of likely N-dealkylation sites (N-methyl/N-ethyl adjacent to an activating group) is 1. The highest BCUT2D eigenvalue weighted by molar-refractivity contribution is 9.10. The molecule has 4 rings (SSSR count). The summed E-state index contributed by atoms with van der Waals surface area (Å²) >= 11 is 3.40. The summed E-state index contributed by atoms with van der Waals surface area (Å²) in [5, 5.41) is 6.31. The summed E-state index contributed by atoms with van der Waals surface area (Å²) < 4.78 is 0.800. The standard InChI is InChI=1S/C22H21BrN4O3/c1-2-27-18-8-7-14(23)11-16(18)19(22(27)30)26-21(29)20(28)24-10-9-13-12-25-17-6-4-3-5-15(13)17/h3-8,11-12,19,25H,2,9-10H2,1H3,(H,24,28)(H,26,29)/t19-/m1/s1. The third kappa shape index (κ3) is 3.70. The number of carbonyl (C=O) groups excluding carboxylic acids is 3. The number of rotatable bonds is 5. The summed E-state index contributed by atoms with van der Waals surface area (Å²) in [5.74, 6) is -1.82. The van der Waals surface area contributed by atoms with E-state index in [0.717, 1.165) is 26.6 Å². The molecular formula is C22H21BrN4O3. The van der Waals surface area contributed by atoms with Crippen molar-refractivity contribution in [2.45, 2.75) is 19.4 Å². The summed E-state index contributed by atoms with van der Waals surface area (Å²) in [5.41, 5.74) is 3.52. The predicted molar refractivity (Wildman–Crippen MR) is 118 cm³/mol. The highest BCUT2D eigenvalue weighted by Crippen LogP contribution is 2.37. The lowest BCUT2D eigenvalue weighted by molar-refractivity contribution is -0.140. The van der Waals surface area contributed by atoms with E-state index in [1.807, 2.05) is 49.5 Å². The molecule has 7 nitrogen and oxygen atoms in total. The van der Waals surface area contributed by atoms with E-state index in [9.17, 15) is 14.4 Å². The number of nitrogens with zero attached hydrogens (tertiary/aromatic N) is 1. The molecule has 0 saturated carbocycles. The van der Waals surface area contributed by atoms with Crippen LogP contribution in [0.3, 0.4) is 0 Å². The molecule has 154 valence electrons. The van der Waals surface area contributed by atoms with Gasteiger partial charge in [-0.25, -0.2) is 0 Å². The lowest BCUT2D eigenvalue weighted by Gasteiger charge is -2.15. The highest BCUT2D eigenvalue weighted by Gasteiger charge is 2.38. The van der Waals surface area contributed by atoms with Crippen molar-refractivity contribution < 1.29 is 14.4 Å². The van der Waals surface area contributed by atoms with E-state index in [1.165, 1.54) is 0 Å². The molecule has 0 bridgehead atoms. The van der Waals surface area contributed by atoms with Gasteiger partial charge in [-0.05, 0) is 43.2 Å². The fourth-order valence-corrected chi connectivity index (χ4v) is 4.18. The number of halogens is 1. The third-order valence-electron chi connectivity index (χ3n) is 5.26.